The first-order valence-corrected chi connectivity index (χ1v) is 7.78. The molecular formula is C14H12IN3S. The van der Waals surface area contributed by atoms with Crippen LogP contribution in [0.2, 0.25) is 0 Å². The number of aromatic nitrogens is 1. The SMILES string of the molecule is NNC(c1csc(I)c1)c1cncc2ccccc12. The second-order valence-electron chi connectivity index (χ2n) is 4.23. The second kappa shape index (κ2) is 5.54. The van der Waals surface area contributed by atoms with Crippen LogP contribution >= 0.6 is 33.9 Å². The number of thiophene rings is 1. The molecule has 2 heterocycles. The number of halogens is 1. The number of rotatable bonds is 3. The summed E-state index contributed by atoms with van der Waals surface area (Å²) in [6, 6.07) is 10.4. The molecule has 19 heavy (non-hydrogen) atoms. The van der Waals surface area contributed by atoms with Crippen molar-refractivity contribution in [3.05, 3.63) is 62.1 Å². The maximum Gasteiger partial charge on any atom is 0.0739 e. The molecule has 0 bridgehead atoms. The summed E-state index contributed by atoms with van der Waals surface area (Å²) >= 11 is 4.04. The van der Waals surface area contributed by atoms with Crippen LogP contribution < -0.4 is 11.3 Å². The van der Waals surface area contributed by atoms with Crippen LogP contribution in [0.25, 0.3) is 10.8 Å². The first kappa shape index (κ1) is 13.0. The van der Waals surface area contributed by atoms with Gasteiger partial charge in [-0.2, -0.15) is 0 Å². The average Bonchev–Trinajstić information content (AvgIpc) is 2.86. The number of hydrogen-bond acceptors (Lipinski definition) is 4. The Morgan fingerprint density at radius 3 is 2.84 bits per heavy atom. The fourth-order valence-corrected chi connectivity index (χ4v) is 3.61. The molecule has 3 rings (SSSR count). The van der Waals surface area contributed by atoms with E-state index in [0.717, 1.165) is 10.9 Å². The van der Waals surface area contributed by atoms with Crippen LogP contribution in [-0.4, -0.2) is 4.98 Å². The highest BCUT2D eigenvalue weighted by Crippen LogP contribution is 2.30. The highest BCUT2D eigenvalue weighted by atomic mass is 127. The Balaban J connectivity index is 2.16. The fourth-order valence-electron chi connectivity index (χ4n) is 2.21. The minimum atomic E-state index is -0.0293. The van der Waals surface area contributed by atoms with Crippen LogP contribution in [0.1, 0.15) is 17.2 Å². The van der Waals surface area contributed by atoms with Crippen molar-refractivity contribution in [1.82, 2.24) is 10.4 Å². The Morgan fingerprint density at radius 1 is 1.26 bits per heavy atom. The summed E-state index contributed by atoms with van der Waals surface area (Å²) < 4.78 is 1.25. The second-order valence-corrected chi connectivity index (χ2v) is 7.04. The molecule has 0 aliphatic carbocycles. The molecule has 0 aliphatic rings. The molecule has 0 fully saturated rings. The van der Waals surface area contributed by atoms with Gasteiger partial charge in [-0.05, 0) is 45.0 Å². The van der Waals surface area contributed by atoms with Crippen molar-refractivity contribution in [3.8, 4) is 0 Å². The minimum Gasteiger partial charge on any atom is -0.271 e. The van der Waals surface area contributed by atoms with Crippen molar-refractivity contribution < 1.29 is 0 Å². The predicted molar refractivity (Wildman–Crippen MR) is 87.9 cm³/mol. The number of nitrogens with two attached hydrogens (primary N) is 1. The van der Waals surface area contributed by atoms with Crippen LogP contribution in [0.4, 0.5) is 0 Å². The van der Waals surface area contributed by atoms with Gasteiger partial charge in [0.1, 0.15) is 0 Å². The van der Waals surface area contributed by atoms with Crippen molar-refractivity contribution in [3.63, 3.8) is 0 Å². The van der Waals surface area contributed by atoms with Crippen LogP contribution in [0.3, 0.4) is 0 Å². The summed E-state index contributed by atoms with van der Waals surface area (Å²) in [5.41, 5.74) is 5.19. The van der Waals surface area contributed by atoms with Gasteiger partial charge in [-0.15, -0.1) is 11.3 Å². The normalized spacial score (nSPS) is 12.7. The number of benzene rings is 1. The third kappa shape index (κ3) is 2.51. The largest absolute Gasteiger partial charge is 0.271 e. The van der Waals surface area contributed by atoms with E-state index in [2.05, 4.69) is 56.6 Å². The molecule has 0 saturated heterocycles. The van der Waals surface area contributed by atoms with Gasteiger partial charge in [0.15, 0.2) is 0 Å². The maximum absolute atomic E-state index is 5.76. The lowest BCUT2D eigenvalue weighted by atomic mass is 9.98. The van der Waals surface area contributed by atoms with Crippen LogP contribution in [0.5, 0.6) is 0 Å². The Kier molecular flexibility index (Phi) is 3.79. The van der Waals surface area contributed by atoms with Gasteiger partial charge in [0.25, 0.3) is 0 Å². The molecule has 1 aromatic carbocycles. The molecule has 1 unspecified atom stereocenters. The summed E-state index contributed by atoms with van der Waals surface area (Å²) in [6.45, 7) is 0. The maximum atomic E-state index is 5.76. The van der Waals surface area contributed by atoms with Gasteiger partial charge in [0.05, 0.1) is 8.93 Å². The predicted octanol–water partition coefficient (Wildman–Crippen LogP) is 3.45. The number of hydrazine groups is 1. The molecule has 0 aliphatic heterocycles. The summed E-state index contributed by atoms with van der Waals surface area (Å²) in [5.74, 6) is 5.76. The lowest BCUT2D eigenvalue weighted by Gasteiger charge is -2.16. The number of nitrogens with zero attached hydrogens (tertiary/aromatic N) is 1. The number of fused-ring (bicyclic) bond motifs is 1. The van der Waals surface area contributed by atoms with Crippen molar-refractivity contribution in [2.75, 3.05) is 0 Å². The Labute approximate surface area is 129 Å². The Hall–Kier alpha value is -1.02. The van der Waals surface area contributed by atoms with Crippen molar-refractivity contribution in [1.29, 1.82) is 0 Å². The molecule has 2 aromatic heterocycles. The van der Waals surface area contributed by atoms with E-state index in [1.807, 2.05) is 24.5 Å². The molecule has 0 amide bonds. The van der Waals surface area contributed by atoms with E-state index in [0.29, 0.717) is 0 Å². The van der Waals surface area contributed by atoms with Gasteiger partial charge >= 0.3 is 0 Å². The number of nitrogens with one attached hydrogen (secondary N) is 1. The first-order chi connectivity index (χ1) is 9.29. The van der Waals surface area contributed by atoms with Crippen molar-refractivity contribution >= 4 is 44.7 Å². The van der Waals surface area contributed by atoms with Crippen LogP contribution in [0, 0.1) is 2.88 Å². The van der Waals surface area contributed by atoms with Gasteiger partial charge in [-0.25, -0.2) is 5.43 Å². The van der Waals surface area contributed by atoms with Crippen LogP contribution in [-0.2, 0) is 0 Å². The number of hydrogen-bond donors (Lipinski definition) is 2. The topological polar surface area (TPSA) is 50.9 Å². The molecule has 96 valence electrons. The highest BCUT2D eigenvalue weighted by Gasteiger charge is 2.16. The standard InChI is InChI=1S/C14H12IN3S/c15-13-5-10(8-19-13)14(18-16)12-7-17-6-9-3-1-2-4-11(9)12/h1-8,14,18H,16H2. The quantitative estimate of drug-likeness (QED) is 0.415. The highest BCUT2D eigenvalue weighted by molar-refractivity contribution is 14.1. The molecule has 0 saturated carbocycles. The molecule has 3 N–H and O–H groups in total. The smallest absolute Gasteiger partial charge is 0.0739 e. The molecule has 0 spiro atoms. The Bertz CT molecular complexity index is 705. The molecular weight excluding hydrogens is 369 g/mol. The zero-order valence-corrected chi connectivity index (χ0v) is 13.0. The fraction of sp³-hybridized carbons (Fsp3) is 0.0714. The average molecular weight is 381 g/mol. The third-order valence-corrected chi connectivity index (χ3v) is 4.91. The lowest BCUT2D eigenvalue weighted by Crippen LogP contribution is -2.28. The molecule has 1 atom stereocenters. The van der Waals surface area contributed by atoms with Gasteiger partial charge < -0.3 is 0 Å². The molecule has 3 aromatic rings. The molecule has 0 radical (unpaired) electrons. The van der Waals surface area contributed by atoms with E-state index in [-0.39, 0.29) is 6.04 Å². The van der Waals surface area contributed by atoms with Gasteiger partial charge in [-0.1, -0.05) is 24.3 Å². The monoisotopic (exact) mass is 381 g/mol. The molecule has 5 heteroatoms. The first-order valence-electron chi connectivity index (χ1n) is 5.82. The van der Waals surface area contributed by atoms with Crippen LogP contribution in [0.15, 0.2) is 48.1 Å². The van der Waals surface area contributed by atoms with Crippen molar-refractivity contribution in [2.45, 2.75) is 6.04 Å². The van der Waals surface area contributed by atoms with Gasteiger partial charge in [0, 0.05) is 23.3 Å². The Morgan fingerprint density at radius 2 is 2.11 bits per heavy atom. The van der Waals surface area contributed by atoms with E-state index in [1.165, 1.54) is 13.8 Å². The summed E-state index contributed by atoms with van der Waals surface area (Å²) in [7, 11) is 0. The van der Waals surface area contributed by atoms with E-state index < -0.39 is 0 Å². The van der Waals surface area contributed by atoms with E-state index in [1.54, 1.807) is 11.3 Å². The van der Waals surface area contributed by atoms with E-state index in [4.69, 9.17) is 5.84 Å². The number of pyridine rings is 1. The minimum absolute atomic E-state index is 0.0293. The zero-order valence-electron chi connectivity index (χ0n) is 10.0. The third-order valence-electron chi connectivity index (χ3n) is 3.10. The van der Waals surface area contributed by atoms with Gasteiger partial charge in [-0.3, -0.25) is 10.8 Å². The van der Waals surface area contributed by atoms with Gasteiger partial charge in [0.2, 0.25) is 0 Å². The summed E-state index contributed by atoms with van der Waals surface area (Å²) in [4.78, 5) is 4.32. The van der Waals surface area contributed by atoms with E-state index >= 15 is 0 Å². The van der Waals surface area contributed by atoms with E-state index in [9.17, 15) is 0 Å². The van der Waals surface area contributed by atoms with Crippen molar-refractivity contribution in [2.24, 2.45) is 5.84 Å². The summed E-state index contributed by atoms with van der Waals surface area (Å²) in [5, 5.41) is 4.44. The summed E-state index contributed by atoms with van der Waals surface area (Å²) in [6.07, 6.45) is 3.77. The lowest BCUT2D eigenvalue weighted by molar-refractivity contribution is 0.641. The molecule has 3 nitrogen and oxygen atoms in total. The zero-order chi connectivity index (χ0) is 13.2.